The van der Waals surface area contributed by atoms with Crippen LogP contribution in [-0.4, -0.2) is 42.0 Å². The summed E-state index contributed by atoms with van der Waals surface area (Å²) in [7, 11) is 0. The van der Waals surface area contributed by atoms with E-state index in [0.29, 0.717) is 0 Å². The van der Waals surface area contributed by atoms with Gasteiger partial charge < -0.3 is 4.90 Å². The number of rotatable bonds is 0. The summed E-state index contributed by atoms with van der Waals surface area (Å²) in [6, 6.07) is 0. The van der Waals surface area contributed by atoms with Gasteiger partial charge in [0, 0.05) is 13.1 Å². The average Bonchev–Trinajstić information content (AvgIpc) is 2.45. The van der Waals surface area contributed by atoms with Crippen LogP contribution in [0.2, 0.25) is 0 Å². The molecule has 0 aliphatic carbocycles. The van der Waals surface area contributed by atoms with Crippen molar-refractivity contribution < 1.29 is 4.79 Å². The van der Waals surface area contributed by atoms with Crippen molar-refractivity contribution in [3.05, 3.63) is 5.70 Å². The van der Waals surface area contributed by atoms with Crippen molar-refractivity contribution in [3.8, 4) is 0 Å². The SMILES string of the molecule is O=C=C1CN2CCN1C2. The lowest BCUT2D eigenvalue weighted by Gasteiger charge is -2.12. The Kier molecular flexibility index (Phi) is 0.891. The lowest BCUT2D eigenvalue weighted by molar-refractivity contribution is 0.393. The molecule has 1 unspecified atom stereocenters. The van der Waals surface area contributed by atoms with Gasteiger partial charge in [-0.15, -0.1) is 0 Å². The smallest absolute Gasteiger partial charge is 0.147 e. The Labute approximate surface area is 53.5 Å². The molecule has 2 heterocycles. The molecule has 0 radical (unpaired) electrons. The van der Waals surface area contributed by atoms with E-state index >= 15 is 0 Å². The second-order valence-corrected chi connectivity index (χ2v) is 2.51. The van der Waals surface area contributed by atoms with Gasteiger partial charge in [0.25, 0.3) is 0 Å². The number of hydrogen-bond donors (Lipinski definition) is 0. The van der Waals surface area contributed by atoms with Crippen LogP contribution in [0, 0.1) is 0 Å². The minimum Gasteiger partial charge on any atom is -0.351 e. The van der Waals surface area contributed by atoms with Crippen molar-refractivity contribution in [1.29, 1.82) is 0 Å². The van der Waals surface area contributed by atoms with Crippen LogP contribution in [0.25, 0.3) is 0 Å². The molecular formula is C6H8N2O. The third kappa shape index (κ3) is 0.590. The zero-order valence-corrected chi connectivity index (χ0v) is 5.13. The first kappa shape index (κ1) is 5.03. The van der Waals surface area contributed by atoms with Gasteiger partial charge in [-0.3, -0.25) is 4.90 Å². The van der Waals surface area contributed by atoms with Gasteiger partial charge in [-0.1, -0.05) is 0 Å². The fourth-order valence-corrected chi connectivity index (χ4v) is 1.40. The summed E-state index contributed by atoms with van der Waals surface area (Å²) in [5.74, 6) is 1.95. The Morgan fingerprint density at radius 1 is 1.44 bits per heavy atom. The van der Waals surface area contributed by atoms with Gasteiger partial charge in [0.1, 0.15) is 11.6 Å². The number of piperazine rings is 1. The molecule has 2 rings (SSSR count). The zero-order valence-electron chi connectivity index (χ0n) is 5.13. The molecule has 0 amide bonds. The van der Waals surface area contributed by atoms with E-state index in [1.807, 2.05) is 5.94 Å². The molecule has 0 N–H and O–H groups in total. The van der Waals surface area contributed by atoms with E-state index in [-0.39, 0.29) is 0 Å². The molecule has 48 valence electrons. The van der Waals surface area contributed by atoms with Crippen LogP contribution in [0.3, 0.4) is 0 Å². The Morgan fingerprint density at radius 2 is 2.33 bits per heavy atom. The highest BCUT2D eigenvalue weighted by molar-refractivity contribution is 5.53. The average molecular weight is 124 g/mol. The predicted molar refractivity (Wildman–Crippen MR) is 32.4 cm³/mol. The zero-order chi connectivity index (χ0) is 6.27. The monoisotopic (exact) mass is 124 g/mol. The third-order valence-corrected chi connectivity index (χ3v) is 1.93. The molecule has 0 aromatic rings. The molecule has 9 heavy (non-hydrogen) atoms. The van der Waals surface area contributed by atoms with Crippen molar-refractivity contribution in [3.63, 3.8) is 0 Å². The van der Waals surface area contributed by atoms with Crippen LogP contribution >= 0.6 is 0 Å². The summed E-state index contributed by atoms with van der Waals surface area (Å²) in [5, 5.41) is 0. The van der Waals surface area contributed by atoms with Crippen LogP contribution in [0.1, 0.15) is 0 Å². The molecular weight excluding hydrogens is 116 g/mol. The van der Waals surface area contributed by atoms with Gasteiger partial charge in [0.15, 0.2) is 0 Å². The minimum absolute atomic E-state index is 0.823. The Balaban J connectivity index is 2.28. The summed E-state index contributed by atoms with van der Waals surface area (Å²) >= 11 is 0. The second-order valence-electron chi connectivity index (χ2n) is 2.51. The standard InChI is InChI=1S/C6H8N2O/c9-4-6-3-7-1-2-8(6)5-7/h1-3,5H2. The highest BCUT2D eigenvalue weighted by atomic mass is 16.1. The van der Waals surface area contributed by atoms with Gasteiger partial charge in [0.2, 0.25) is 0 Å². The first-order valence-corrected chi connectivity index (χ1v) is 3.11. The van der Waals surface area contributed by atoms with E-state index in [1.54, 1.807) is 0 Å². The Hall–Kier alpha value is -0.790. The molecule has 1 atom stereocenters. The molecule has 3 heteroatoms. The quantitative estimate of drug-likeness (QED) is 0.398. The molecule has 2 fully saturated rings. The first-order valence-electron chi connectivity index (χ1n) is 3.11. The fourth-order valence-electron chi connectivity index (χ4n) is 1.40. The lowest BCUT2D eigenvalue weighted by atomic mass is 10.4. The molecule has 0 saturated carbocycles. The molecule has 2 bridgehead atoms. The van der Waals surface area contributed by atoms with E-state index in [2.05, 4.69) is 9.80 Å². The predicted octanol–water partition coefficient (Wildman–Crippen LogP) is -0.709. The maximum atomic E-state index is 10.2. The first-order chi connectivity index (χ1) is 4.40. The molecule has 0 aromatic carbocycles. The Morgan fingerprint density at radius 3 is 2.67 bits per heavy atom. The number of nitrogens with zero attached hydrogens (tertiary/aromatic N) is 2. The van der Waals surface area contributed by atoms with E-state index in [1.165, 1.54) is 0 Å². The molecule has 2 saturated heterocycles. The number of fused-ring (bicyclic) bond motifs is 2. The van der Waals surface area contributed by atoms with E-state index < -0.39 is 0 Å². The summed E-state index contributed by atoms with van der Waals surface area (Å²) in [6.07, 6.45) is 0. The topological polar surface area (TPSA) is 23.6 Å². The van der Waals surface area contributed by atoms with Gasteiger partial charge in [-0.2, -0.15) is 0 Å². The molecule has 2 aliphatic rings. The summed E-state index contributed by atoms with van der Waals surface area (Å²) < 4.78 is 0. The van der Waals surface area contributed by atoms with E-state index in [4.69, 9.17) is 0 Å². The van der Waals surface area contributed by atoms with Gasteiger partial charge in [-0.05, 0) is 0 Å². The van der Waals surface area contributed by atoms with Crippen molar-refractivity contribution in [2.45, 2.75) is 0 Å². The van der Waals surface area contributed by atoms with Crippen LogP contribution in [0.4, 0.5) is 0 Å². The van der Waals surface area contributed by atoms with Crippen LogP contribution in [0.5, 0.6) is 0 Å². The molecule has 2 aliphatic heterocycles. The highest BCUT2D eigenvalue weighted by Crippen LogP contribution is 2.19. The van der Waals surface area contributed by atoms with Crippen molar-refractivity contribution in [2.75, 3.05) is 26.3 Å². The third-order valence-electron chi connectivity index (χ3n) is 1.93. The summed E-state index contributed by atoms with van der Waals surface area (Å²) in [6.45, 7) is 3.91. The molecule has 3 nitrogen and oxygen atoms in total. The fraction of sp³-hybridized carbons (Fsp3) is 0.667. The summed E-state index contributed by atoms with van der Waals surface area (Å²) in [5.41, 5.74) is 0.834. The van der Waals surface area contributed by atoms with Crippen LogP contribution in [-0.2, 0) is 4.79 Å². The van der Waals surface area contributed by atoms with Crippen molar-refractivity contribution in [1.82, 2.24) is 9.80 Å². The van der Waals surface area contributed by atoms with Gasteiger partial charge in [-0.25, -0.2) is 4.79 Å². The normalized spacial score (nSPS) is 31.3. The molecule has 0 spiro atoms. The number of carbonyl (C=O) groups excluding carboxylic acids is 1. The van der Waals surface area contributed by atoms with E-state index in [0.717, 1.165) is 32.0 Å². The minimum atomic E-state index is 0.823. The molecule has 0 aromatic heterocycles. The largest absolute Gasteiger partial charge is 0.351 e. The van der Waals surface area contributed by atoms with Gasteiger partial charge in [0.05, 0.1) is 13.2 Å². The lowest BCUT2D eigenvalue weighted by Crippen LogP contribution is -2.23. The second kappa shape index (κ2) is 1.59. The van der Waals surface area contributed by atoms with Crippen LogP contribution < -0.4 is 0 Å². The Bertz CT molecular complexity index is 183. The summed E-state index contributed by atoms with van der Waals surface area (Å²) in [4.78, 5) is 14.5. The van der Waals surface area contributed by atoms with E-state index in [9.17, 15) is 4.79 Å². The van der Waals surface area contributed by atoms with Crippen molar-refractivity contribution in [2.24, 2.45) is 0 Å². The van der Waals surface area contributed by atoms with Crippen LogP contribution in [0.15, 0.2) is 5.70 Å². The van der Waals surface area contributed by atoms with Crippen molar-refractivity contribution >= 4 is 5.94 Å². The number of hydrogen-bond acceptors (Lipinski definition) is 3. The van der Waals surface area contributed by atoms with Gasteiger partial charge >= 0.3 is 0 Å². The maximum absolute atomic E-state index is 10.2. The maximum Gasteiger partial charge on any atom is 0.147 e. The highest BCUT2D eigenvalue weighted by Gasteiger charge is 2.30.